The minimum Gasteiger partial charge on any atom is -0.353 e. The zero-order chi connectivity index (χ0) is 20.9. The maximum absolute atomic E-state index is 10.4. The van der Waals surface area contributed by atoms with E-state index in [2.05, 4.69) is 16.5 Å². The van der Waals surface area contributed by atoms with Gasteiger partial charge in [0.05, 0.1) is 23.7 Å². The van der Waals surface area contributed by atoms with E-state index in [-0.39, 0.29) is 12.9 Å². The number of hydrogen-bond acceptors (Lipinski definition) is 8. The van der Waals surface area contributed by atoms with Crippen LogP contribution in [0.3, 0.4) is 0 Å². The normalized spacial score (nSPS) is 37.1. The lowest BCUT2D eigenvalue weighted by molar-refractivity contribution is -0.223. The predicted molar refractivity (Wildman–Crippen MR) is 106 cm³/mol. The number of aliphatic imine (C=N–C) groups is 1. The number of aromatic nitrogens is 1. The number of rotatable bonds is 4. The summed E-state index contributed by atoms with van der Waals surface area (Å²) in [7, 11) is 0. The maximum Gasteiger partial charge on any atom is 0.225 e. The monoisotopic (exact) mass is 416 g/mol. The second-order valence-electron chi connectivity index (χ2n) is 8.65. The van der Waals surface area contributed by atoms with E-state index in [1.807, 2.05) is 37.6 Å². The SMILES string of the molecule is CC1=NCNn2c1ccc2C1(C#N)OC(COC2CCCCO2)C2OC(C)(C)OC21. The average Bonchev–Trinajstić information content (AvgIpc) is 3.38. The first kappa shape index (κ1) is 20.0. The van der Waals surface area contributed by atoms with E-state index in [4.69, 9.17) is 23.7 Å². The van der Waals surface area contributed by atoms with Gasteiger partial charge in [0.1, 0.15) is 31.0 Å². The molecule has 0 saturated carbocycles. The van der Waals surface area contributed by atoms with Gasteiger partial charge in [0.25, 0.3) is 0 Å². The summed E-state index contributed by atoms with van der Waals surface area (Å²) >= 11 is 0. The highest BCUT2D eigenvalue weighted by Crippen LogP contribution is 2.49. The Balaban J connectivity index is 1.46. The number of nitrogens with one attached hydrogen (secondary N) is 1. The third-order valence-corrected chi connectivity index (χ3v) is 6.16. The van der Waals surface area contributed by atoms with E-state index < -0.39 is 29.7 Å². The van der Waals surface area contributed by atoms with E-state index in [1.165, 1.54) is 0 Å². The molecule has 9 nitrogen and oxygen atoms in total. The molecule has 4 aliphatic rings. The molecule has 3 saturated heterocycles. The molecule has 0 amide bonds. The second kappa shape index (κ2) is 7.32. The summed E-state index contributed by atoms with van der Waals surface area (Å²) in [5.41, 5.74) is 4.38. The number of hydrogen-bond donors (Lipinski definition) is 1. The van der Waals surface area contributed by atoms with Crippen molar-refractivity contribution in [1.82, 2.24) is 4.68 Å². The van der Waals surface area contributed by atoms with Crippen LogP contribution in [0.15, 0.2) is 17.1 Å². The first-order chi connectivity index (χ1) is 14.4. The van der Waals surface area contributed by atoms with Crippen molar-refractivity contribution in [3.05, 3.63) is 23.5 Å². The molecule has 162 valence electrons. The van der Waals surface area contributed by atoms with Crippen molar-refractivity contribution < 1.29 is 23.7 Å². The van der Waals surface area contributed by atoms with Crippen LogP contribution in [0, 0.1) is 11.3 Å². The topological polar surface area (TPSA) is 99.3 Å². The van der Waals surface area contributed by atoms with Crippen LogP contribution < -0.4 is 5.43 Å². The lowest BCUT2D eigenvalue weighted by Crippen LogP contribution is -2.43. The molecule has 0 aliphatic carbocycles. The molecule has 1 aromatic rings. The molecule has 1 aromatic heterocycles. The number of nitrogens with zero attached hydrogens (tertiary/aromatic N) is 3. The van der Waals surface area contributed by atoms with Crippen LogP contribution in [0.25, 0.3) is 0 Å². The van der Waals surface area contributed by atoms with Crippen LogP contribution in [-0.4, -0.2) is 60.7 Å². The number of ether oxygens (including phenoxy) is 5. The molecular formula is C21H28N4O5. The van der Waals surface area contributed by atoms with Gasteiger partial charge in [-0.1, -0.05) is 0 Å². The largest absolute Gasteiger partial charge is 0.353 e. The average molecular weight is 416 g/mol. The van der Waals surface area contributed by atoms with Crippen molar-refractivity contribution >= 4 is 5.71 Å². The molecular weight excluding hydrogens is 388 g/mol. The molecule has 30 heavy (non-hydrogen) atoms. The Bertz CT molecular complexity index is 884. The Morgan fingerprint density at radius 2 is 2.17 bits per heavy atom. The lowest BCUT2D eigenvalue weighted by Gasteiger charge is -2.31. The zero-order valence-corrected chi connectivity index (χ0v) is 17.6. The Morgan fingerprint density at radius 3 is 2.93 bits per heavy atom. The first-order valence-electron chi connectivity index (χ1n) is 10.6. The highest BCUT2D eigenvalue weighted by molar-refractivity contribution is 5.98. The van der Waals surface area contributed by atoms with Crippen molar-refractivity contribution in [2.45, 2.75) is 76.0 Å². The Hall–Kier alpha value is -1.96. The quantitative estimate of drug-likeness (QED) is 0.801. The predicted octanol–water partition coefficient (Wildman–Crippen LogP) is 1.99. The van der Waals surface area contributed by atoms with Crippen LogP contribution in [-0.2, 0) is 29.3 Å². The molecule has 1 N–H and O–H groups in total. The van der Waals surface area contributed by atoms with Crippen LogP contribution >= 0.6 is 0 Å². The van der Waals surface area contributed by atoms with Gasteiger partial charge in [-0.05, 0) is 52.2 Å². The van der Waals surface area contributed by atoms with E-state index in [9.17, 15) is 5.26 Å². The van der Waals surface area contributed by atoms with Crippen LogP contribution in [0.2, 0.25) is 0 Å². The fourth-order valence-corrected chi connectivity index (χ4v) is 4.76. The summed E-state index contributed by atoms with van der Waals surface area (Å²) in [4.78, 5) is 4.42. The highest BCUT2D eigenvalue weighted by Gasteiger charge is 2.65. The van der Waals surface area contributed by atoms with E-state index in [0.717, 1.165) is 30.7 Å². The van der Waals surface area contributed by atoms with Gasteiger partial charge in [0.15, 0.2) is 12.1 Å². The molecule has 5 unspecified atom stereocenters. The van der Waals surface area contributed by atoms with E-state index in [0.29, 0.717) is 19.0 Å². The standard InChI is InChI=1S/C21H28N4O5/c1-13-14-7-8-16(25(14)24-12-23-13)21(11-22)19-18(29-20(2,3)30-19)15(28-21)10-27-17-6-4-5-9-26-17/h7-8,15,17-19,24H,4-6,9-10,12H2,1-3H3. The van der Waals surface area contributed by atoms with Gasteiger partial charge >= 0.3 is 0 Å². The molecule has 0 bridgehead atoms. The Morgan fingerprint density at radius 1 is 1.30 bits per heavy atom. The van der Waals surface area contributed by atoms with Crippen molar-refractivity contribution in [3.8, 4) is 6.07 Å². The van der Waals surface area contributed by atoms with Gasteiger partial charge in [-0.2, -0.15) is 5.26 Å². The molecule has 5 atom stereocenters. The van der Waals surface area contributed by atoms with Crippen molar-refractivity contribution in [2.75, 3.05) is 25.3 Å². The Labute approximate surface area is 175 Å². The minimum atomic E-state index is -1.33. The van der Waals surface area contributed by atoms with Gasteiger partial charge < -0.3 is 29.1 Å². The number of fused-ring (bicyclic) bond motifs is 2. The summed E-state index contributed by atoms with van der Waals surface area (Å²) in [6.07, 6.45) is 1.30. The highest BCUT2D eigenvalue weighted by atomic mass is 16.8. The number of nitriles is 1. The first-order valence-corrected chi connectivity index (χ1v) is 10.6. The van der Waals surface area contributed by atoms with E-state index in [1.54, 1.807) is 0 Å². The third-order valence-electron chi connectivity index (χ3n) is 6.16. The van der Waals surface area contributed by atoms with Crippen LogP contribution in [0.4, 0.5) is 0 Å². The summed E-state index contributed by atoms with van der Waals surface area (Å²) in [5, 5.41) is 10.4. The summed E-state index contributed by atoms with van der Waals surface area (Å²) < 4.78 is 32.4. The second-order valence-corrected chi connectivity index (χ2v) is 8.65. The molecule has 5 heterocycles. The Kier molecular flexibility index (Phi) is 4.87. The van der Waals surface area contributed by atoms with Gasteiger partial charge in [0.2, 0.25) is 5.60 Å². The zero-order valence-electron chi connectivity index (χ0n) is 17.6. The minimum absolute atomic E-state index is 0.241. The maximum atomic E-state index is 10.4. The van der Waals surface area contributed by atoms with Crippen molar-refractivity contribution in [3.63, 3.8) is 0 Å². The van der Waals surface area contributed by atoms with Crippen LogP contribution in [0.5, 0.6) is 0 Å². The van der Waals surface area contributed by atoms with Gasteiger partial charge in [-0.25, -0.2) is 0 Å². The van der Waals surface area contributed by atoms with E-state index >= 15 is 0 Å². The molecule has 0 spiro atoms. The lowest BCUT2D eigenvalue weighted by atomic mass is 9.92. The van der Waals surface area contributed by atoms with Gasteiger partial charge in [-0.15, -0.1) is 0 Å². The van der Waals surface area contributed by atoms with Gasteiger partial charge in [-0.3, -0.25) is 9.67 Å². The molecule has 0 aromatic carbocycles. The fourth-order valence-electron chi connectivity index (χ4n) is 4.76. The fraction of sp³-hybridized carbons (Fsp3) is 0.714. The molecule has 0 radical (unpaired) electrons. The van der Waals surface area contributed by atoms with Crippen LogP contribution in [0.1, 0.15) is 51.4 Å². The summed E-state index contributed by atoms with van der Waals surface area (Å²) in [6, 6.07) is 6.25. The summed E-state index contributed by atoms with van der Waals surface area (Å²) in [6.45, 7) is 7.09. The summed E-state index contributed by atoms with van der Waals surface area (Å²) in [5.74, 6) is -0.817. The molecule has 3 fully saturated rings. The molecule has 4 aliphatic heterocycles. The van der Waals surface area contributed by atoms with Crippen molar-refractivity contribution in [2.24, 2.45) is 4.99 Å². The van der Waals surface area contributed by atoms with Crippen molar-refractivity contribution in [1.29, 1.82) is 5.26 Å². The van der Waals surface area contributed by atoms with Gasteiger partial charge in [0, 0.05) is 6.61 Å². The third kappa shape index (κ3) is 3.15. The molecule has 5 rings (SSSR count). The smallest absolute Gasteiger partial charge is 0.225 e. The molecule has 9 heteroatoms.